The van der Waals surface area contributed by atoms with Crippen molar-refractivity contribution >= 4 is 5.97 Å². The van der Waals surface area contributed by atoms with Gasteiger partial charge in [-0.2, -0.15) is 0 Å². The molecule has 1 aliphatic heterocycles. The molecule has 98 valence electrons. The summed E-state index contributed by atoms with van der Waals surface area (Å²) in [5.74, 6) is -0.262. The molecule has 0 saturated carbocycles. The Morgan fingerprint density at radius 3 is 2.72 bits per heavy atom. The molecule has 1 fully saturated rings. The fourth-order valence-corrected chi connectivity index (χ4v) is 2.52. The van der Waals surface area contributed by atoms with Gasteiger partial charge in [0.2, 0.25) is 0 Å². The van der Waals surface area contributed by atoms with Gasteiger partial charge in [0.25, 0.3) is 0 Å². The van der Waals surface area contributed by atoms with E-state index in [4.69, 9.17) is 4.74 Å². The van der Waals surface area contributed by atoms with Gasteiger partial charge in [-0.1, -0.05) is 30.3 Å². The summed E-state index contributed by atoms with van der Waals surface area (Å²) in [6.07, 6.45) is 1.39. The number of nitrogens with zero attached hydrogens (tertiary/aromatic N) is 1. The van der Waals surface area contributed by atoms with Crippen molar-refractivity contribution in [3.8, 4) is 0 Å². The SMILES string of the molecule is COC(=O)[C@@H]1CC[C@H](CF)N1Cc1ccccc1. The molecule has 3 nitrogen and oxygen atoms in total. The molecule has 4 heteroatoms. The van der Waals surface area contributed by atoms with E-state index in [0.717, 1.165) is 5.56 Å². The van der Waals surface area contributed by atoms with E-state index in [1.165, 1.54) is 7.11 Å². The largest absolute Gasteiger partial charge is 0.468 e. The first kappa shape index (κ1) is 13.0. The van der Waals surface area contributed by atoms with Crippen molar-refractivity contribution in [2.45, 2.75) is 31.5 Å². The minimum Gasteiger partial charge on any atom is -0.468 e. The second kappa shape index (κ2) is 5.96. The average Bonchev–Trinajstić information content (AvgIpc) is 2.82. The van der Waals surface area contributed by atoms with E-state index in [1.54, 1.807) is 0 Å². The lowest BCUT2D eigenvalue weighted by Crippen LogP contribution is -2.41. The van der Waals surface area contributed by atoms with Crippen molar-refractivity contribution in [2.75, 3.05) is 13.8 Å². The van der Waals surface area contributed by atoms with Crippen molar-refractivity contribution in [3.05, 3.63) is 35.9 Å². The van der Waals surface area contributed by atoms with Gasteiger partial charge in [-0.05, 0) is 18.4 Å². The quantitative estimate of drug-likeness (QED) is 0.768. The minimum atomic E-state index is -0.416. The van der Waals surface area contributed by atoms with Crippen molar-refractivity contribution in [3.63, 3.8) is 0 Å². The monoisotopic (exact) mass is 251 g/mol. The molecule has 1 aromatic rings. The summed E-state index contributed by atoms with van der Waals surface area (Å²) in [5, 5.41) is 0. The van der Waals surface area contributed by atoms with Crippen LogP contribution in [0.1, 0.15) is 18.4 Å². The molecule has 1 heterocycles. The van der Waals surface area contributed by atoms with Crippen LogP contribution < -0.4 is 0 Å². The maximum atomic E-state index is 13.0. The smallest absolute Gasteiger partial charge is 0.323 e. The normalized spacial score (nSPS) is 24.1. The van der Waals surface area contributed by atoms with Gasteiger partial charge in [0.05, 0.1) is 7.11 Å². The molecule has 0 radical (unpaired) electrons. The predicted octanol–water partition coefficient (Wildman–Crippen LogP) is 2.16. The first-order chi connectivity index (χ1) is 8.76. The van der Waals surface area contributed by atoms with E-state index in [0.29, 0.717) is 19.4 Å². The Balaban J connectivity index is 2.12. The number of likely N-dealkylation sites (tertiary alicyclic amines) is 1. The van der Waals surface area contributed by atoms with Crippen molar-refractivity contribution < 1.29 is 13.9 Å². The Morgan fingerprint density at radius 2 is 2.11 bits per heavy atom. The lowest BCUT2D eigenvalue weighted by atomic mass is 10.2. The number of hydrogen-bond donors (Lipinski definition) is 0. The van der Waals surface area contributed by atoms with Crippen LogP contribution in [0.4, 0.5) is 4.39 Å². The van der Waals surface area contributed by atoms with Gasteiger partial charge in [-0.25, -0.2) is 4.39 Å². The van der Waals surface area contributed by atoms with E-state index in [-0.39, 0.29) is 18.1 Å². The predicted molar refractivity (Wildman–Crippen MR) is 66.8 cm³/mol. The molecule has 0 aromatic heterocycles. The second-order valence-electron chi connectivity index (χ2n) is 4.58. The molecular formula is C14H18FNO2. The van der Waals surface area contributed by atoms with E-state index < -0.39 is 6.67 Å². The number of alkyl halides is 1. The Labute approximate surface area is 107 Å². The van der Waals surface area contributed by atoms with E-state index in [1.807, 2.05) is 35.2 Å². The highest BCUT2D eigenvalue weighted by atomic mass is 19.1. The Morgan fingerprint density at radius 1 is 1.39 bits per heavy atom. The van der Waals surface area contributed by atoms with E-state index in [2.05, 4.69) is 0 Å². The molecule has 2 rings (SSSR count). The average molecular weight is 251 g/mol. The van der Waals surface area contributed by atoms with Crippen molar-refractivity contribution in [1.82, 2.24) is 4.90 Å². The number of methoxy groups -OCH3 is 1. The fourth-order valence-electron chi connectivity index (χ4n) is 2.52. The van der Waals surface area contributed by atoms with Gasteiger partial charge >= 0.3 is 5.97 Å². The molecule has 0 amide bonds. The molecule has 0 N–H and O–H groups in total. The summed E-state index contributed by atoms with van der Waals surface area (Å²) in [5.41, 5.74) is 1.09. The number of esters is 1. The molecule has 0 spiro atoms. The van der Waals surface area contributed by atoms with Crippen molar-refractivity contribution in [1.29, 1.82) is 0 Å². The number of hydrogen-bond acceptors (Lipinski definition) is 3. The zero-order valence-electron chi connectivity index (χ0n) is 10.5. The van der Waals surface area contributed by atoms with Crippen LogP contribution in [0.2, 0.25) is 0 Å². The Hall–Kier alpha value is -1.42. The van der Waals surface area contributed by atoms with Gasteiger partial charge in [-0.3, -0.25) is 9.69 Å². The van der Waals surface area contributed by atoms with Crippen LogP contribution in [0.15, 0.2) is 30.3 Å². The third-order valence-electron chi connectivity index (χ3n) is 3.50. The fraction of sp³-hybridized carbons (Fsp3) is 0.500. The number of rotatable bonds is 4. The molecule has 0 aliphatic carbocycles. The summed E-state index contributed by atoms with van der Waals surface area (Å²) in [7, 11) is 1.38. The van der Waals surface area contributed by atoms with Gasteiger partial charge in [0.1, 0.15) is 12.7 Å². The van der Waals surface area contributed by atoms with Crippen LogP contribution >= 0.6 is 0 Å². The molecule has 18 heavy (non-hydrogen) atoms. The van der Waals surface area contributed by atoms with Gasteiger partial charge < -0.3 is 4.74 Å². The first-order valence-electron chi connectivity index (χ1n) is 6.19. The van der Waals surface area contributed by atoms with Crippen LogP contribution in [0.3, 0.4) is 0 Å². The van der Waals surface area contributed by atoms with E-state index >= 15 is 0 Å². The Kier molecular flexibility index (Phi) is 4.31. The maximum Gasteiger partial charge on any atom is 0.323 e. The highest BCUT2D eigenvalue weighted by Crippen LogP contribution is 2.27. The lowest BCUT2D eigenvalue weighted by molar-refractivity contribution is -0.146. The second-order valence-corrected chi connectivity index (χ2v) is 4.58. The minimum absolute atomic E-state index is 0.172. The molecule has 0 bridgehead atoms. The van der Waals surface area contributed by atoms with Crippen LogP contribution in [-0.4, -0.2) is 36.7 Å². The van der Waals surface area contributed by atoms with Crippen LogP contribution in [-0.2, 0) is 16.1 Å². The van der Waals surface area contributed by atoms with Gasteiger partial charge in [-0.15, -0.1) is 0 Å². The number of carbonyl (C=O) groups excluding carboxylic acids is 1. The first-order valence-corrected chi connectivity index (χ1v) is 6.19. The van der Waals surface area contributed by atoms with Gasteiger partial charge in [0.15, 0.2) is 0 Å². The third kappa shape index (κ3) is 2.70. The zero-order valence-corrected chi connectivity index (χ0v) is 10.5. The van der Waals surface area contributed by atoms with Crippen LogP contribution in [0.25, 0.3) is 0 Å². The zero-order chi connectivity index (χ0) is 13.0. The molecular weight excluding hydrogens is 233 g/mol. The standard InChI is InChI=1S/C14H18FNO2/c1-18-14(17)13-8-7-12(9-15)16(13)10-11-5-3-2-4-6-11/h2-6,12-13H,7-10H2,1H3/t12-,13+/m1/s1. The summed E-state index contributed by atoms with van der Waals surface area (Å²) < 4.78 is 17.8. The Bertz CT molecular complexity index is 396. The highest BCUT2D eigenvalue weighted by Gasteiger charge is 2.38. The molecule has 2 atom stereocenters. The van der Waals surface area contributed by atoms with E-state index in [9.17, 15) is 9.18 Å². The van der Waals surface area contributed by atoms with Crippen LogP contribution in [0.5, 0.6) is 0 Å². The molecule has 1 aromatic carbocycles. The topological polar surface area (TPSA) is 29.5 Å². The molecule has 1 saturated heterocycles. The van der Waals surface area contributed by atoms with Crippen molar-refractivity contribution in [2.24, 2.45) is 0 Å². The highest BCUT2D eigenvalue weighted by molar-refractivity contribution is 5.76. The number of benzene rings is 1. The summed E-state index contributed by atoms with van der Waals surface area (Å²) in [6, 6.07) is 9.33. The summed E-state index contributed by atoms with van der Waals surface area (Å²) in [6.45, 7) is 0.176. The number of ether oxygens (including phenoxy) is 1. The van der Waals surface area contributed by atoms with Gasteiger partial charge in [0, 0.05) is 12.6 Å². The summed E-state index contributed by atoms with van der Waals surface area (Å²) in [4.78, 5) is 13.6. The molecule has 0 unspecified atom stereocenters. The third-order valence-corrected chi connectivity index (χ3v) is 3.50. The van der Waals surface area contributed by atoms with Crippen LogP contribution in [0, 0.1) is 0 Å². The molecule has 1 aliphatic rings. The lowest BCUT2D eigenvalue weighted by Gasteiger charge is -2.27. The number of carbonyl (C=O) groups is 1. The summed E-state index contributed by atoms with van der Waals surface area (Å²) >= 11 is 0. The maximum absolute atomic E-state index is 13.0. The number of halogens is 1.